The minimum Gasteiger partial charge on any atom is -0.323 e. The van der Waals surface area contributed by atoms with Crippen molar-refractivity contribution in [1.29, 1.82) is 0 Å². The zero-order chi connectivity index (χ0) is 11.4. The smallest absolute Gasteiger partial charge is 0.323 e. The van der Waals surface area contributed by atoms with Crippen LogP contribution in [-0.2, 0) is 6.54 Å². The highest BCUT2D eigenvalue weighted by Gasteiger charge is 2.10. The number of aromatic nitrogens is 2. The van der Waals surface area contributed by atoms with Crippen molar-refractivity contribution < 1.29 is 4.79 Å². The van der Waals surface area contributed by atoms with Crippen molar-refractivity contribution in [3.63, 3.8) is 0 Å². The van der Waals surface area contributed by atoms with E-state index in [4.69, 9.17) is 0 Å². The topological polar surface area (TPSA) is 58.1 Å². The molecule has 0 aliphatic heterocycles. The van der Waals surface area contributed by atoms with Gasteiger partial charge in [-0.15, -0.1) is 10.2 Å². The van der Waals surface area contributed by atoms with Crippen molar-refractivity contribution >= 4 is 33.8 Å². The molecule has 0 radical (unpaired) electrons. The molecule has 0 bridgehead atoms. The van der Waals surface area contributed by atoms with Gasteiger partial charge < -0.3 is 4.90 Å². The van der Waals surface area contributed by atoms with E-state index in [1.54, 1.807) is 28.8 Å². The quantitative estimate of drug-likeness (QED) is 0.914. The summed E-state index contributed by atoms with van der Waals surface area (Å²) in [7, 11) is 1.74. The summed E-state index contributed by atoms with van der Waals surface area (Å²) in [6.07, 6.45) is 0. The molecule has 84 valence electrons. The largest absolute Gasteiger partial charge is 0.323 e. The van der Waals surface area contributed by atoms with Crippen molar-refractivity contribution in [2.45, 2.75) is 6.54 Å². The minimum atomic E-state index is -0.178. The van der Waals surface area contributed by atoms with Gasteiger partial charge in [-0.3, -0.25) is 5.32 Å². The van der Waals surface area contributed by atoms with Crippen LogP contribution in [0.15, 0.2) is 22.3 Å². The van der Waals surface area contributed by atoms with Crippen LogP contribution in [0.4, 0.5) is 9.93 Å². The Hall–Kier alpha value is -1.47. The van der Waals surface area contributed by atoms with Crippen LogP contribution in [0.2, 0.25) is 0 Å². The molecule has 2 rings (SSSR count). The summed E-state index contributed by atoms with van der Waals surface area (Å²) in [6, 6.07) is 1.82. The molecule has 2 aromatic heterocycles. The van der Waals surface area contributed by atoms with Crippen LogP contribution in [0.1, 0.15) is 5.56 Å². The van der Waals surface area contributed by atoms with E-state index in [-0.39, 0.29) is 6.03 Å². The van der Waals surface area contributed by atoms with Gasteiger partial charge in [0.15, 0.2) is 0 Å². The number of carbonyl (C=O) groups is 1. The van der Waals surface area contributed by atoms with E-state index < -0.39 is 0 Å². The number of urea groups is 1. The number of hydrogen-bond acceptors (Lipinski definition) is 5. The van der Waals surface area contributed by atoms with Gasteiger partial charge in [0.1, 0.15) is 5.51 Å². The van der Waals surface area contributed by atoms with Crippen LogP contribution in [0.25, 0.3) is 0 Å². The van der Waals surface area contributed by atoms with E-state index in [1.807, 2.05) is 16.8 Å². The first-order chi connectivity index (χ1) is 7.75. The van der Waals surface area contributed by atoms with Crippen molar-refractivity contribution in [1.82, 2.24) is 15.1 Å². The highest BCUT2D eigenvalue weighted by Crippen LogP contribution is 2.11. The summed E-state index contributed by atoms with van der Waals surface area (Å²) < 4.78 is 0. The van der Waals surface area contributed by atoms with Crippen LogP contribution < -0.4 is 5.32 Å². The zero-order valence-electron chi connectivity index (χ0n) is 8.58. The molecule has 0 aliphatic carbocycles. The Bertz CT molecular complexity index is 440. The van der Waals surface area contributed by atoms with E-state index in [9.17, 15) is 4.79 Å². The summed E-state index contributed by atoms with van der Waals surface area (Å²) >= 11 is 2.92. The summed E-state index contributed by atoms with van der Waals surface area (Å²) in [6.45, 7) is 0.591. The van der Waals surface area contributed by atoms with Crippen molar-refractivity contribution in [2.24, 2.45) is 0 Å². The van der Waals surface area contributed by atoms with Gasteiger partial charge in [0.05, 0.1) is 0 Å². The monoisotopic (exact) mass is 254 g/mol. The lowest BCUT2D eigenvalue weighted by atomic mass is 10.3. The summed E-state index contributed by atoms with van der Waals surface area (Å²) in [5.74, 6) is 0. The zero-order valence-corrected chi connectivity index (χ0v) is 10.2. The minimum absolute atomic E-state index is 0.178. The van der Waals surface area contributed by atoms with Crippen LogP contribution >= 0.6 is 22.7 Å². The van der Waals surface area contributed by atoms with Gasteiger partial charge in [0, 0.05) is 13.6 Å². The molecule has 0 spiro atoms. The molecule has 16 heavy (non-hydrogen) atoms. The molecule has 1 N–H and O–H groups in total. The van der Waals surface area contributed by atoms with Gasteiger partial charge >= 0.3 is 6.03 Å². The normalized spacial score (nSPS) is 10.1. The molecule has 0 saturated heterocycles. The molecule has 5 nitrogen and oxygen atoms in total. The predicted molar refractivity (Wildman–Crippen MR) is 64.7 cm³/mol. The average Bonchev–Trinajstić information content (AvgIpc) is 2.90. The molecule has 0 saturated carbocycles. The number of carbonyl (C=O) groups excluding carboxylic acids is 1. The van der Waals surface area contributed by atoms with Gasteiger partial charge in [-0.2, -0.15) is 11.3 Å². The maximum atomic E-state index is 11.7. The molecule has 0 fully saturated rings. The van der Waals surface area contributed by atoms with Crippen molar-refractivity contribution in [3.05, 3.63) is 27.9 Å². The molecule has 0 aromatic carbocycles. The standard InChI is InChI=1S/C9H10N4OS2/c1-13(4-7-2-3-15-5-7)9(14)11-8-12-10-6-16-8/h2-3,5-6H,4H2,1H3,(H,11,12,14). The average molecular weight is 254 g/mol. The fourth-order valence-corrected chi connectivity index (χ4v) is 2.24. The SMILES string of the molecule is CN(Cc1ccsc1)C(=O)Nc1nncs1. The Balaban J connectivity index is 1.90. The number of rotatable bonds is 3. The Morgan fingerprint density at radius 2 is 2.50 bits per heavy atom. The second-order valence-corrected chi connectivity index (χ2v) is 4.77. The van der Waals surface area contributed by atoms with Crippen LogP contribution in [0, 0.1) is 0 Å². The van der Waals surface area contributed by atoms with E-state index in [2.05, 4.69) is 15.5 Å². The first kappa shape index (κ1) is 11.0. The highest BCUT2D eigenvalue weighted by molar-refractivity contribution is 7.13. The third-order valence-corrected chi connectivity index (χ3v) is 3.26. The number of nitrogens with zero attached hydrogens (tertiary/aromatic N) is 3. The van der Waals surface area contributed by atoms with Crippen LogP contribution in [0.5, 0.6) is 0 Å². The Morgan fingerprint density at radius 3 is 3.12 bits per heavy atom. The Labute approximate surface area is 101 Å². The first-order valence-corrected chi connectivity index (χ1v) is 6.37. The summed E-state index contributed by atoms with van der Waals surface area (Å²) in [4.78, 5) is 13.3. The van der Waals surface area contributed by atoms with Gasteiger partial charge in [0.25, 0.3) is 0 Å². The van der Waals surface area contributed by atoms with Crippen LogP contribution in [0.3, 0.4) is 0 Å². The van der Waals surface area contributed by atoms with Gasteiger partial charge in [-0.1, -0.05) is 11.3 Å². The van der Waals surface area contributed by atoms with Gasteiger partial charge in [-0.25, -0.2) is 4.79 Å². The summed E-state index contributed by atoms with van der Waals surface area (Å²) in [5, 5.41) is 14.6. The molecule has 0 unspecified atom stereocenters. The number of anilines is 1. The molecular formula is C9H10N4OS2. The lowest BCUT2D eigenvalue weighted by Gasteiger charge is -2.15. The Morgan fingerprint density at radius 1 is 1.62 bits per heavy atom. The fourth-order valence-electron chi connectivity index (χ4n) is 1.14. The summed E-state index contributed by atoms with van der Waals surface area (Å²) in [5.41, 5.74) is 2.70. The van der Waals surface area contributed by atoms with E-state index in [0.717, 1.165) is 5.56 Å². The Kier molecular flexibility index (Phi) is 3.47. The van der Waals surface area contributed by atoms with Crippen LogP contribution in [-0.4, -0.2) is 28.2 Å². The fraction of sp³-hybridized carbons (Fsp3) is 0.222. The van der Waals surface area contributed by atoms with Crippen molar-refractivity contribution in [2.75, 3.05) is 12.4 Å². The molecule has 0 atom stereocenters. The third-order valence-electron chi connectivity index (χ3n) is 1.92. The first-order valence-electron chi connectivity index (χ1n) is 4.55. The van der Waals surface area contributed by atoms with E-state index >= 15 is 0 Å². The van der Waals surface area contributed by atoms with Gasteiger partial charge in [-0.05, 0) is 22.4 Å². The third kappa shape index (κ3) is 2.77. The molecular weight excluding hydrogens is 244 g/mol. The lowest BCUT2D eigenvalue weighted by Crippen LogP contribution is -2.30. The molecule has 0 aliphatic rings. The maximum Gasteiger partial charge on any atom is 0.323 e. The number of nitrogens with one attached hydrogen (secondary N) is 1. The maximum absolute atomic E-state index is 11.7. The van der Waals surface area contributed by atoms with E-state index in [0.29, 0.717) is 11.7 Å². The van der Waals surface area contributed by atoms with E-state index in [1.165, 1.54) is 11.3 Å². The highest BCUT2D eigenvalue weighted by atomic mass is 32.1. The lowest BCUT2D eigenvalue weighted by molar-refractivity contribution is 0.220. The molecule has 7 heteroatoms. The second-order valence-electron chi connectivity index (χ2n) is 3.16. The second kappa shape index (κ2) is 5.04. The number of amides is 2. The van der Waals surface area contributed by atoms with Crippen molar-refractivity contribution in [3.8, 4) is 0 Å². The number of thiophene rings is 1. The number of hydrogen-bond donors (Lipinski definition) is 1. The predicted octanol–water partition coefficient (Wildman–Crippen LogP) is 2.26. The van der Waals surface area contributed by atoms with Gasteiger partial charge in [0.2, 0.25) is 5.13 Å². The molecule has 2 amide bonds. The molecule has 2 aromatic rings. The molecule has 2 heterocycles.